The molecule has 4 nitrogen and oxygen atoms in total. The first-order valence-corrected chi connectivity index (χ1v) is 9.20. The molecule has 3 rings (SSSR count). The van der Waals surface area contributed by atoms with Crippen molar-refractivity contribution in [3.8, 4) is 0 Å². The highest BCUT2D eigenvalue weighted by molar-refractivity contribution is 7.99. The first kappa shape index (κ1) is 17.5. The molecule has 25 heavy (non-hydrogen) atoms. The Morgan fingerprint density at radius 1 is 1.24 bits per heavy atom. The Labute approximate surface area is 150 Å². The van der Waals surface area contributed by atoms with Crippen LogP contribution < -0.4 is 5.32 Å². The van der Waals surface area contributed by atoms with E-state index in [1.807, 2.05) is 31.2 Å². The lowest BCUT2D eigenvalue weighted by Gasteiger charge is -2.14. The van der Waals surface area contributed by atoms with E-state index in [0.717, 1.165) is 28.3 Å². The Morgan fingerprint density at radius 3 is 2.68 bits per heavy atom. The Balaban J connectivity index is 1.63. The lowest BCUT2D eigenvalue weighted by Crippen LogP contribution is -2.28. The highest BCUT2D eigenvalue weighted by Crippen LogP contribution is 2.24. The summed E-state index contributed by atoms with van der Waals surface area (Å²) in [6.07, 6.45) is 0. The van der Waals surface area contributed by atoms with Crippen molar-refractivity contribution in [2.75, 3.05) is 5.75 Å². The molecule has 1 N–H and O–H groups in total. The molecule has 0 saturated carbocycles. The van der Waals surface area contributed by atoms with Crippen molar-refractivity contribution in [1.29, 1.82) is 0 Å². The van der Waals surface area contributed by atoms with Gasteiger partial charge in [0.1, 0.15) is 5.82 Å². The Bertz CT molecular complexity index is 876. The SMILES string of the molecule is CCn1c(SCC(=O)N[C@@H](C)c2ccc(F)cc2)nc2ccccc21. The molecule has 0 saturated heterocycles. The number of hydrogen-bond donors (Lipinski definition) is 1. The molecule has 0 fully saturated rings. The van der Waals surface area contributed by atoms with E-state index in [4.69, 9.17) is 0 Å². The summed E-state index contributed by atoms with van der Waals surface area (Å²) in [6.45, 7) is 4.75. The molecule has 1 heterocycles. The third kappa shape index (κ3) is 4.02. The van der Waals surface area contributed by atoms with Gasteiger partial charge in [-0.15, -0.1) is 0 Å². The van der Waals surface area contributed by atoms with Crippen LogP contribution in [0.1, 0.15) is 25.5 Å². The summed E-state index contributed by atoms with van der Waals surface area (Å²) >= 11 is 1.42. The smallest absolute Gasteiger partial charge is 0.230 e. The standard InChI is InChI=1S/C19H20FN3OS/c1-3-23-17-7-5-4-6-16(17)22-19(23)25-12-18(24)21-13(2)14-8-10-15(20)11-9-14/h4-11,13H,3,12H2,1-2H3,(H,21,24)/t13-/m0/s1. The number of carbonyl (C=O) groups is 1. The first-order chi connectivity index (χ1) is 12.1. The molecule has 0 radical (unpaired) electrons. The monoisotopic (exact) mass is 357 g/mol. The average Bonchev–Trinajstić information content (AvgIpc) is 2.98. The quantitative estimate of drug-likeness (QED) is 0.674. The number of para-hydroxylation sites is 2. The summed E-state index contributed by atoms with van der Waals surface area (Å²) in [4.78, 5) is 16.8. The van der Waals surface area contributed by atoms with Gasteiger partial charge in [-0.3, -0.25) is 4.79 Å². The maximum Gasteiger partial charge on any atom is 0.230 e. The number of hydrogen-bond acceptors (Lipinski definition) is 3. The summed E-state index contributed by atoms with van der Waals surface area (Å²) in [5, 5.41) is 3.78. The molecule has 1 atom stereocenters. The van der Waals surface area contributed by atoms with Crippen LogP contribution in [-0.2, 0) is 11.3 Å². The zero-order valence-electron chi connectivity index (χ0n) is 14.2. The number of halogens is 1. The van der Waals surface area contributed by atoms with Crippen LogP contribution in [0.15, 0.2) is 53.7 Å². The van der Waals surface area contributed by atoms with Crippen LogP contribution in [-0.4, -0.2) is 21.2 Å². The predicted molar refractivity (Wildman–Crippen MR) is 99.1 cm³/mol. The van der Waals surface area contributed by atoms with Gasteiger partial charge in [-0.2, -0.15) is 0 Å². The highest BCUT2D eigenvalue weighted by atomic mass is 32.2. The number of aromatic nitrogens is 2. The molecule has 0 aliphatic heterocycles. The van der Waals surface area contributed by atoms with Crippen molar-refractivity contribution in [2.45, 2.75) is 31.6 Å². The lowest BCUT2D eigenvalue weighted by molar-refractivity contribution is -0.119. The number of imidazole rings is 1. The number of amides is 1. The summed E-state index contributed by atoms with van der Waals surface area (Å²) < 4.78 is 15.1. The highest BCUT2D eigenvalue weighted by Gasteiger charge is 2.14. The molecule has 6 heteroatoms. The van der Waals surface area contributed by atoms with Crippen molar-refractivity contribution in [1.82, 2.24) is 14.9 Å². The second kappa shape index (κ2) is 7.70. The number of nitrogens with zero attached hydrogens (tertiary/aromatic N) is 2. The van der Waals surface area contributed by atoms with E-state index >= 15 is 0 Å². The largest absolute Gasteiger partial charge is 0.349 e. The molecule has 0 spiro atoms. The van der Waals surface area contributed by atoms with Crippen LogP contribution >= 0.6 is 11.8 Å². The zero-order chi connectivity index (χ0) is 17.8. The molecule has 0 unspecified atom stereocenters. The number of aryl methyl sites for hydroxylation is 1. The number of nitrogens with one attached hydrogen (secondary N) is 1. The van der Waals surface area contributed by atoms with Crippen molar-refractivity contribution < 1.29 is 9.18 Å². The van der Waals surface area contributed by atoms with Crippen molar-refractivity contribution >= 4 is 28.7 Å². The second-order valence-corrected chi connectivity index (χ2v) is 6.70. The number of benzene rings is 2. The summed E-state index contributed by atoms with van der Waals surface area (Å²) in [6, 6.07) is 14.0. The molecule has 0 aliphatic carbocycles. The molecule has 1 aromatic heterocycles. The van der Waals surface area contributed by atoms with Gasteiger partial charge in [0.2, 0.25) is 5.91 Å². The summed E-state index contributed by atoms with van der Waals surface area (Å²) in [5.41, 5.74) is 2.89. The number of rotatable bonds is 6. The van der Waals surface area contributed by atoms with Crippen LogP contribution in [0.4, 0.5) is 4.39 Å². The fraction of sp³-hybridized carbons (Fsp3) is 0.263. The van der Waals surface area contributed by atoms with Gasteiger partial charge in [-0.25, -0.2) is 9.37 Å². The fourth-order valence-electron chi connectivity index (χ4n) is 2.72. The third-order valence-corrected chi connectivity index (χ3v) is 4.99. The van der Waals surface area contributed by atoms with E-state index in [9.17, 15) is 9.18 Å². The molecule has 2 aromatic carbocycles. The molecule has 0 aliphatic rings. The Kier molecular flexibility index (Phi) is 5.38. The molecular weight excluding hydrogens is 337 g/mol. The Morgan fingerprint density at radius 2 is 1.96 bits per heavy atom. The number of thioether (sulfide) groups is 1. The molecule has 3 aromatic rings. The molecule has 130 valence electrons. The van der Waals surface area contributed by atoms with E-state index in [-0.39, 0.29) is 23.5 Å². The topological polar surface area (TPSA) is 46.9 Å². The van der Waals surface area contributed by atoms with Crippen LogP contribution in [0.2, 0.25) is 0 Å². The number of carbonyl (C=O) groups excluding carboxylic acids is 1. The van der Waals surface area contributed by atoms with Crippen LogP contribution in [0, 0.1) is 5.82 Å². The fourth-order valence-corrected chi connectivity index (χ4v) is 3.61. The minimum atomic E-state index is -0.281. The normalized spacial score (nSPS) is 12.3. The van der Waals surface area contributed by atoms with Gasteiger partial charge >= 0.3 is 0 Å². The van der Waals surface area contributed by atoms with Gasteiger partial charge in [-0.05, 0) is 43.7 Å². The van der Waals surface area contributed by atoms with Gasteiger partial charge in [0.15, 0.2) is 5.16 Å². The summed E-state index contributed by atoms with van der Waals surface area (Å²) in [5.74, 6) is -0.0673. The zero-order valence-corrected chi connectivity index (χ0v) is 15.0. The van der Waals surface area contributed by atoms with E-state index < -0.39 is 0 Å². The van der Waals surface area contributed by atoms with Gasteiger partial charge in [0, 0.05) is 6.54 Å². The van der Waals surface area contributed by atoms with Crippen LogP contribution in [0.3, 0.4) is 0 Å². The average molecular weight is 357 g/mol. The lowest BCUT2D eigenvalue weighted by atomic mass is 10.1. The molecule has 1 amide bonds. The second-order valence-electron chi connectivity index (χ2n) is 5.76. The summed E-state index contributed by atoms with van der Waals surface area (Å²) in [7, 11) is 0. The molecule has 0 bridgehead atoms. The van der Waals surface area contributed by atoms with Gasteiger partial charge in [-0.1, -0.05) is 36.0 Å². The third-order valence-electron chi connectivity index (χ3n) is 4.02. The maximum atomic E-state index is 13.0. The Hall–Kier alpha value is -2.34. The number of fused-ring (bicyclic) bond motifs is 1. The van der Waals surface area contributed by atoms with E-state index in [2.05, 4.69) is 21.8 Å². The van der Waals surface area contributed by atoms with Crippen molar-refractivity contribution in [3.05, 3.63) is 59.9 Å². The minimum absolute atomic E-state index is 0.0727. The van der Waals surface area contributed by atoms with Gasteiger partial charge < -0.3 is 9.88 Å². The minimum Gasteiger partial charge on any atom is -0.349 e. The van der Waals surface area contributed by atoms with Crippen LogP contribution in [0.5, 0.6) is 0 Å². The van der Waals surface area contributed by atoms with Crippen molar-refractivity contribution in [2.24, 2.45) is 0 Å². The predicted octanol–water partition coefficient (Wildman–Crippen LogP) is 4.16. The van der Waals surface area contributed by atoms with Gasteiger partial charge in [0.25, 0.3) is 0 Å². The van der Waals surface area contributed by atoms with Gasteiger partial charge in [0.05, 0.1) is 22.8 Å². The first-order valence-electron chi connectivity index (χ1n) is 8.21. The van der Waals surface area contributed by atoms with E-state index in [0.29, 0.717) is 0 Å². The van der Waals surface area contributed by atoms with E-state index in [1.165, 1.54) is 23.9 Å². The van der Waals surface area contributed by atoms with Crippen molar-refractivity contribution in [3.63, 3.8) is 0 Å². The van der Waals surface area contributed by atoms with Crippen LogP contribution in [0.25, 0.3) is 11.0 Å². The molecular formula is C19H20FN3OS. The van der Waals surface area contributed by atoms with E-state index in [1.54, 1.807) is 12.1 Å². The maximum absolute atomic E-state index is 13.0.